The van der Waals surface area contributed by atoms with E-state index in [1.54, 1.807) is 6.92 Å². The summed E-state index contributed by atoms with van der Waals surface area (Å²) in [7, 11) is -3.97. The predicted octanol–water partition coefficient (Wildman–Crippen LogP) is -0.271. The van der Waals surface area contributed by atoms with Gasteiger partial charge in [0, 0.05) is 13.0 Å². The summed E-state index contributed by atoms with van der Waals surface area (Å²) in [5.74, 6) is -1.81. The van der Waals surface area contributed by atoms with Crippen LogP contribution in [0.25, 0.3) is 0 Å². The monoisotopic (exact) mass is 305 g/mol. The van der Waals surface area contributed by atoms with E-state index < -0.39 is 27.0 Å². The summed E-state index contributed by atoms with van der Waals surface area (Å²) in [4.78, 5) is 21.9. The minimum absolute atomic E-state index is 0.0596. The number of aliphatic carboxylic acids is 1. The van der Waals surface area contributed by atoms with Crippen molar-refractivity contribution in [1.29, 1.82) is 0 Å². The summed E-state index contributed by atoms with van der Waals surface area (Å²) in [6.07, 6.45) is 1.04. The molecule has 0 atom stereocenters. The molecule has 0 unspecified atom stereocenters. The van der Waals surface area contributed by atoms with Crippen LogP contribution in [-0.2, 0) is 19.6 Å². The van der Waals surface area contributed by atoms with Crippen molar-refractivity contribution in [3.8, 4) is 0 Å². The first-order chi connectivity index (χ1) is 9.38. The van der Waals surface area contributed by atoms with Crippen LogP contribution in [0.2, 0.25) is 0 Å². The number of ether oxygens (including phenoxy) is 1. The van der Waals surface area contributed by atoms with E-state index >= 15 is 0 Å². The molecule has 0 aromatic carbocycles. The maximum atomic E-state index is 11.9. The Kier molecular flexibility index (Phi) is 5.65. The standard InChI is InChI=1S/C10H15N3O6S/c1-2-19-10(16)7-6-11-13-9(7)20(17,18)12-5-3-4-8(14)15/h6,12H,2-5H2,1H3,(H,11,13)(H,14,15). The third-order valence-electron chi connectivity index (χ3n) is 2.23. The van der Waals surface area contributed by atoms with Gasteiger partial charge in [0.2, 0.25) is 0 Å². The smallest absolute Gasteiger partial charge is 0.342 e. The molecule has 1 aromatic rings. The number of carbonyl (C=O) groups excluding carboxylic acids is 1. The largest absolute Gasteiger partial charge is 0.481 e. The summed E-state index contributed by atoms with van der Waals surface area (Å²) in [6.45, 7) is 1.64. The van der Waals surface area contributed by atoms with E-state index in [1.165, 1.54) is 0 Å². The molecule has 0 amide bonds. The number of hydrogen-bond donors (Lipinski definition) is 3. The van der Waals surface area contributed by atoms with Crippen molar-refractivity contribution in [2.24, 2.45) is 0 Å². The first kappa shape index (κ1) is 16.1. The van der Waals surface area contributed by atoms with Crippen molar-refractivity contribution < 1.29 is 27.9 Å². The van der Waals surface area contributed by atoms with Crippen LogP contribution in [0.1, 0.15) is 30.1 Å². The lowest BCUT2D eigenvalue weighted by molar-refractivity contribution is -0.137. The molecule has 1 aromatic heterocycles. The van der Waals surface area contributed by atoms with Gasteiger partial charge < -0.3 is 9.84 Å². The average Bonchev–Trinajstić information content (AvgIpc) is 2.85. The van der Waals surface area contributed by atoms with Crippen LogP contribution in [0.4, 0.5) is 0 Å². The highest BCUT2D eigenvalue weighted by molar-refractivity contribution is 7.89. The molecule has 1 heterocycles. The zero-order chi connectivity index (χ0) is 15.2. The normalized spacial score (nSPS) is 11.2. The van der Waals surface area contributed by atoms with Crippen LogP contribution >= 0.6 is 0 Å². The van der Waals surface area contributed by atoms with Gasteiger partial charge >= 0.3 is 11.9 Å². The van der Waals surface area contributed by atoms with E-state index in [-0.39, 0.29) is 31.6 Å². The van der Waals surface area contributed by atoms with Crippen LogP contribution in [-0.4, -0.2) is 48.8 Å². The molecule has 0 saturated carbocycles. The van der Waals surface area contributed by atoms with Crippen LogP contribution in [0, 0.1) is 0 Å². The van der Waals surface area contributed by atoms with E-state index in [0.29, 0.717) is 0 Å². The maximum absolute atomic E-state index is 11.9. The number of aromatic nitrogens is 2. The molecule has 1 rings (SSSR count). The number of hydrogen-bond acceptors (Lipinski definition) is 6. The quantitative estimate of drug-likeness (QED) is 0.444. The van der Waals surface area contributed by atoms with E-state index in [9.17, 15) is 18.0 Å². The highest BCUT2D eigenvalue weighted by Crippen LogP contribution is 2.13. The van der Waals surface area contributed by atoms with Gasteiger partial charge in [0.05, 0.1) is 12.8 Å². The van der Waals surface area contributed by atoms with Crippen molar-refractivity contribution in [2.75, 3.05) is 13.2 Å². The minimum atomic E-state index is -3.97. The average molecular weight is 305 g/mol. The summed E-state index contributed by atoms with van der Waals surface area (Å²) >= 11 is 0. The number of aromatic amines is 1. The molecule has 112 valence electrons. The van der Waals surface area contributed by atoms with Crippen molar-refractivity contribution in [3.05, 3.63) is 11.8 Å². The number of carbonyl (C=O) groups is 2. The molecule has 0 fully saturated rings. The fraction of sp³-hybridized carbons (Fsp3) is 0.500. The van der Waals surface area contributed by atoms with Crippen LogP contribution in [0.5, 0.6) is 0 Å². The second kappa shape index (κ2) is 7.01. The molecule has 10 heteroatoms. The van der Waals surface area contributed by atoms with Crippen molar-refractivity contribution in [1.82, 2.24) is 14.9 Å². The van der Waals surface area contributed by atoms with Crippen LogP contribution in [0.15, 0.2) is 11.2 Å². The number of H-pyrrole nitrogens is 1. The van der Waals surface area contributed by atoms with Crippen molar-refractivity contribution >= 4 is 22.0 Å². The second-order valence-corrected chi connectivity index (χ2v) is 5.43. The van der Waals surface area contributed by atoms with Crippen molar-refractivity contribution in [2.45, 2.75) is 24.8 Å². The topological polar surface area (TPSA) is 138 Å². The zero-order valence-corrected chi connectivity index (χ0v) is 11.6. The second-order valence-electron chi connectivity index (χ2n) is 3.73. The lowest BCUT2D eigenvalue weighted by Crippen LogP contribution is -2.27. The first-order valence-electron chi connectivity index (χ1n) is 5.80. The van der Waals surface area contributed by atoms with Gasteiger partial charge in [-0.25, -0.2) is 17.9 Å². The summed E-state index contributed by atoms with van der Waals surface area (Å²) in [6, 6.07) is 0. The Morgan fingerprint density at radius 3 is 2.80 bits per heavy atom. The molecule has 0 bridgehead atoms. The Balaban J connectivity index is 2.75. The molecule has 3 N–H and O–H groups in total. The van der Waals surface area contributed by atoms with Gasteiger partial charge in [-0.15, -0.1) is 0 Å². The molecule has 9 nitrogen and oxygen atoms in total. The fourth-order valence-corrected chi connectivity index (χ4v) is 2.51. The molecular weight excluding hydrogens is 290 g/mol. The Morgan fingerprint density at radius 2 is 2.20 bits per heavy atom. The number of nitrogens with one attached hydrogen (secondary N) is 2. The number of carboxylic acid groups (broad SMARTS) is 1. The SMILES string of the molecule is CCOC(=O)c1cn[nH]c1S(=O)(=O)NCCCC(=O)O. The maximum Gasteiger partial charge on any atom is 0.342 e. The third-order valence-corrected chi connectivity index (χ3v) is 3.66. The number of esters is 1. The van der Waals surface area contributed by atoms with Crippen molar-refractivity contribution in [3.63, 3.8) is 0 Å². The van der Waals surface area contributed by atoms with E-state index in [0.717, 1.165) is 6.20 Å². The number of sulfonamides is 1. The fourth-order valence-electron chi connectivity index (χ4n) is 1.35. The molecule has 0 aliphatic heterocycles. The predicted molar refractivity (Wildman–Crippen MR) is 66.6 cm³/mol. The lowest BCUT2D eigenvalue weighted by Gasteiger charge is -2.06. The van der Waals surface area contributed by atoms with E-state index in [4.69, 9.17) is 9.84 Å². The first-order valence-corrected chi connectivity index (χ1v) is 7.28. The molecule has 0 saturated heterocycles. The van der Waals surface area contributed by atoms with Gasteiger partial charge in [0.1, 0.15) is 5.56 Å². The Bertz CT molecular complexity index is 580. The molecule has 0 radical (unpaired) electrons. The number of carboxylic acids is 1. The Morgan fingerprint density at radius 1 is 1.50 bits per heavy atom. The van der Waals surface area contributed by atoms with Gasteiger partial charge in [-0.2, -0.15) is 5.10 Å². The Hall–Kier alpha value is -1.94. The molecule has 0 aliphatic rings. The summed E-state index contributed by atoms with van der Waals surface area (Å²) < 4.78 is 30.8. The molecule has 0 aliphatic carbocycles. The minimum Gasteiger partial charge on any atom is -0.481 e. The number of rotatable bonds is 8. The van der Waals surface area contributed by atoms with E-state index in [2.05, 4.69) is 14.9 Å². The highest BCUT2D eigenvalue weighted by atomic mass is 32.2. The Labute approximate surface area is 115 Å². The highest BCUT2D eigenvalue weighted by Gasteiger charge is 2.25. The van der Waals surface area contributed by atoms with Crippen LogP contribution in [0.3, 0.4) is 0 Å². The van der Waals surface area contributed by atoms with Gasteiger partial charge in [-0.1, -0.05) is 0 Å². The van der Waals surface area contributed by atoms with Gasteiger partial charge in [0.15, 0.2) is 5.03 Å². The summed E-state index contributed by atoms with van der Waals surface area (Å²) in [5.41, 5.74) is -0.197. The molecular formula is C10H15N3O6S. The molecule has 20 heavy (non-hydrogen) atoms. The third kappa shape index (κ3) is 4.31. The zero-order valence-electron chi connectivity index (χ0n) is 10.7. The van der Waals surface area contributed by atoms with Gasteiger partial charge in [0.25, 0.3) is 10.0 Å². The number of nitrogens with zero attached hydrogens (tertiary/aromatic N) is 1. The molecule has 0 spiro atoms. The van der Waals surface area contributed by atoms with Crippen LogP contribution < -0.4 is 4.72 Å². The lowest BCUT2D eigenvalue weighted by atomic mass is 10.3. The van der Waals surface area contributed by atoms with E-state index in [1.807, 2.05) is 0 Å². The summed E-state index contributed by atoms with van der Waals surface area (Å²) in [5, 5.41) is 13.8. The van der Waals surface area contributed by atoms with Gasteiger partial charge in [-0.05, 0) is 13.3 Å². The van der Waals surface area contributed by atoms with Gasteiger partial charge in [-0.3, -0.25) is 9.89 Å².